The number of nitrogens with one attached hydrogen (secondary N) is 3. The third kappa shape index (κ3) is 6.39. The molecule has 3 N–H and O–H groups in total. The molecule has 7 rings (SSSR count). The molecule has 2 aromatic rings. The molecular weight excluding hydrogens is 664 g/mol. The molecular formula is C36H38N4O9S. The zero-order valence-electron chi connectivity index (χ0n) is 27.4. The SMILES string of the molecule is C=C[C@@H]1C[C@]1(NC(=O)[C@@H]1C[C@@H]2C[C@H]1C(=O)N[C@H](C)C(=O)OCC=CCOc1ccc3c(c1)C(=NO2)c1ccccc1-3)C(=O)NS(=O)(=O)C1CC1. The fourth-order valence-corrected chi connectivity index (χ4v) is 8.30. The number of sulfonamides is 1. The third-order valence-corrected chi connectivity index (χ3v) is 11.8. The number of ether oxygens (including phenoxy) is 2. The summed E-state index contributed by atoms with van der Waals surface area (Å²) >= 11 is 0. The number of amides is 3. The minimum atomic E-state index is -3.88. The van der Waals surface area contributed by atoms with Crippen LogP contribution in [-0.4, -0.2) is 74.0 Å². The summed E-state index contributed by atoms with van der Waals surface area (Å²) in [6, 6.07) is 12.4. The van der Waals surface area contributed by atoms with Crippen molar-refractivity contribution in [2.24, 2.45) is 22.9 Å². The van der Waals surface area contributed by atoms with Gasteiger partial charge >= 0.3 is 5.97 Å². The lowest BCUT2D eigenvalue weighted by atomic mass is 9.93. The molecule has 3 amide bonds. The summed E-state index contributed by atoms with van der Waals surface area (Å²) < 4.78 is 38.6. The van der Waals surface area contributed by atoms with Crippen molar-refractivity contribution in [3.05, 3.63) is 78.4 Å². The van der Waals surface area contributed by atoms with Gasteiger partial charge in [0.05, 0.1) is 17.1 Å². The van der Waals surface area contributed by atoms with Gasteiger partial charge in [0.1, 0.15) is 42.4 Å². The van der Waals surface area contributed by atoms with Gasteiger partial charge in [-0.05, 0) is 80.5 Å². The summed E-state index contributed by atoms with van der Waals surface area (Å²) in [6.07, 6.45) is 5.42. The fraction of sp³-hybridized carbons (Fsp3) is 0.417. The van der Waals surface area contributed by atoms with Crippen LogP contribution in [0.1, 0.15) is 50.2 Å². The van der Waals surface area contributed by atoms with Gasteiger partial charge in [-0.2, -0.15) is 0 Å². The molecule has 14 heteroatoms. The Bertz CT molecular complexity index is 1940. The number of carbonyl (C=O) groups excluding carboxylic acids is 4. The molecule has 5 aliphatic rings. The van der Waals surface area contributed by atoms with Crippen molar-refractivity contribution in [1.82, 2.24) is 15.4 Å². The molecule has 0 radical (unpaired) electrons. The third-order valence-electron chi connectivity index (χ3n) is 10.0. The number of benzene rings is 2. The maximum Gasteiger partial charge on any atom is 0.328 e. The van der Waals surface area contributed by atoms with E-state index in [0.717, 1.165) is 22.3 Å². The van der Waals surface area contributed by atoms with Gasteiger partial charge in [-0.1, -0.05) is 35.5 Å². The van der Waals surface area contributed by atoms with Gasteiger partial charge in [-0.25, -0.2) is 13.2 Å². The number of carbonyl (C=O) groups is 4. The predicted molar refractivity (Wildman–Crippen MR) is 181 cm³/mol. The molecule has 13 nitrogen and oxygen atoms in total. The molecule has 0 aromatic heterocycles. The number of hydrogen-bond acceptors (Lipinski definition) is 10. The van der Waals surface area contributed by atoms with Gasteiger partial charge in [-0.15, -0.1) is 6.58 Å². The van der Waals surface area contributed by atoms with Crippen molar-refractivity contribution < 1.29 is 41.9 Å². The number of esters is 1. The Morgan fingerprint density at radius 2 is 1.72 bits per heavy atom. The lowest BCUT2D eigenvalue weighted by Gasteiger charge is -2.24. The molecule has 262 valence electrons. The second-order valence-corrected chi connectivity index (χ2v) is 15.4. The molecule has 0 saturated heterocycles. The van der Waals surface area contributed by atoms with Crippen molar-refractivity contribution in [3.63, 3.8) is 0 Å². The van der Waals surface area contributed by atoms with Crippen LogP contribution in [0.3, 0.4) is 0 Å². The largest absolute Gasteiger partial charge is 0.490 e. The number of cyclic esters (lactones) is 1. The summed E-state index contributed by atoms with van der Waals surface area (Å²) in [5, 5.41) is 9.39. The normalized spacial score (nSPS) is 28.9. The molecule has 0 spiro atoms. The Morgan fingerprint density at radius 3 is 2.44 bits per heavy atom. The predicted octanol–water partition coefficient (Wildman–Crippen LogP) is 2.50. The van der Waals surface area contributed by atoms with Crippen LogP contribution in [0.15, 0.2) is 72.4 Å². The van der Waals surface area contributed by atoms with Crippen LogP contribution >= 0.6 is 0 Å². The van der Waals surface area contributed by atoms with Gasteiger partial charge < -0.3 is 24.9 Å². The second-order valence-electron chi connectivity index (χ2n) is 13.4. The van der Waals surface area contributed by atoms with Gasteiger partial charge in [0.25, 0.3) is 5.91 Å². The Morgan fingerprint density at radius 1 is 1.00 bits per heavy atom. The molecule has 50 heavy (non-hydrogen) atoms. The minimum Gasteiger partial charge on any atom is -0.490 e. The first-order valence-electron chi connectivity index (χ1n) is 16.7. The summed E-state index contributed by atoms with van der Waals surface area (Å²) in [5.41, 5.74) is 2.64. The number of nitrogens with zero attached hydrogens (tertiary/aromatic N) is 1. The molecule has 1 heterocycles. The maximum atomic E-state index is 14.0. The van der Waals surface area contributed by atoms with E-state index in [4.69, 9.17) is 14.3 Å². The average Bonchev–Trinajstić information content (AvgIpc) is 4.01. The van der Waals surface area contributed by atoms with Gasteiger partial charge in [-0.3, -0.25) is 19.1 Å². The highest BCUT2D eigenvalue weighted by Gasteiger charge is 2.62. The van der Waals surface area contributed by atoms with E-state index in [-0.39, 0.29) is 32.5 Å². The van der Waals surface area contributed by atoms with Crippen molar-refractivity contribution in [3.8, 4) is 16.9 Å². The Labute approximate surface area is 289 Å². The Hall–Kier alpha value is -4.98. The van der Waals surface area contributed by atoms with Crippen LogP contribution in [0.25, 0.3) is 11.1 Å². The van der Waals surface area contributed by atoms with Gasteiger partial charge in [0.2, 0.25) is 21.8 Å². The number of hydrogen-bond donors (Lipinski definition) is 3. The standard InChI is InChI=1S/C36H38N4O9S/c1-3-21-19-36(21,35(44)40-50(45,46)24-11-12-24)38-33(42)30-18-23-17-29(30)32(41)37-20(2)34(43)48-15-7-6-14-47-22-10-13-26-25-8-4-5-9-27(25)31(39-49-23)28(26)16-22/h3-10,13,16,20-21,23-24,29-30H,1,11-12,14-15,17-19H2,2H3,(H,37,41)(H,38,42)(H,40,44)/t20-,21-,23+,29-,30-,36-/m1/s1. The monoisotopic (exact) mass is 702 g/mol. The van der Waals surface area contributed by atoms with Crippen molar-refractivity contribution in [2.45, 2.75) is 62.0 Å². The molecule has 2 aromatic carbocycles. The van der Waals surface area contributed by atoms with E-state index in [2.05, 4.69) is 27.1 Å². The number of fused-ring (bicyclic) bond motifs is 6. The highest BCUT2D eigenvalue weighted by atomic mass is 32.2. The zero-order chi connectivity index (χ0) is 35.2. The van der Waals surface area contributed by atoms with Crippen LogP contribution in [-0.2, 0) is 38.8 Å². The fourth-order valence-electron chi connectivity index (χ4n) is 6.94. The summed E-state index contributed by atoms with van der Waals surface area (Å²) in [6.45, 7) is 5.44. The van der Waals surface area contributed by atoms with Crippen LogP contribution in [0.5, 0.6) is 5.75 Å². The van der Waals surface area contributed by atoms with E-state index in [1.165, 1.54) is 13.0 Å². The van der Waals surface area contributed by atoms with E-state index >= 15 is 0 Å². The second kappa shape index (κ2) is 13.0. The quantitative estimate of drug-likeness (QED) is 0.257. The molecule has 4 aliphatic carbocycles. The van der Waals surface area contributed by atoms with Crippen LogP contribution in [0, 0.1) is 17.8 Å². The zero-order valence-corrected chi connectivity index (χ0v) is 28.2. The molecule has 0 unspecified atom stereocenters. The summed E-state index contributed by atoms with van der Waals surface area (Å²) in [7, 11) is -3.88. The molecule has 1 aliphatic heterocycles. The van der Waals surface area contributed by atoms with Crippen molar-refractivity contribution in [2.75, 3.05) is 13.2 Å². The first kappa shape index (κ1) is 33.5. The summed E-state index contributed by atoms with van der Waals surface area (Å²) in [5.74, 6) is -4.53. The van der Waals surface area contributed by atoms with Crippen LogP contribution < -0.4 is 20.1 Å². The first-order valence-corrected chi connectivity index (χ1v) is 18.3. The van der Waals surface area contributed by atoms with Crippen LogP contribution in [0.2, 0.25) is 0 Å². The van der Waals surface area contributed by atoms with Crippen molar-refractivity contribution in [1.29, 1.82) is 0 Å². The van der Waals surface area contributed by atoms with E-state index in [1.807, 2.05) is 42.5 Å². The molecule has 4 bridgehead atoms. The lowest BCUT2D eigenvalue weighted by molar-refractivity contribution is -0.147. The highest BCUT2D eigenvalue weighted by molar-refractivity contribution is 7.91. The maximum absolute atomic E-state index is 14.0. The Balaban J connectivity index is 1.18. The first-order chi connectivity index (χ1) is 24.0. The topological polar surface area (TPSA) is 179 Å². The number of rotatable bonds is 6. The smallest absolute Gasteiger partial charge is 0.328 e. The Kier molecular flexibility index (Phi) is 8.75. The van der Waals surface area contributed by atoms with E-state index in [1.54, 1.807) is 12.2 Å². The highest BCUT2D eigenvalue weighted by Crippen LogP contribution is 2.46. The molecule has 3 fully saturated rings. The average molecular weight is 703 g/mol. The minimum absolute atomic E-state index is 0.0336. The van der Waals surface area contributed by atoms with Crippen LogP contribution in [0.4, 0.5) is 0 Å². The summed E-state index contributed by atoms with van der Waals surface area (Å²) in [4.78, 5) is 59.9. The number of oxime groups is 1. The van der Waals surface area contributed by atoms with Crippen molar-refractivity contribution >= 4 is 39.4 Å². The van der Waals surface area contributed by atoms with E-state index in [0.29, 0.717) is 24.3 Å². The van der Waals surface area contributed by atoms with Gasteiger partial charge in [0.15, 0.2) is 0 Å². The van der Waals surface area contributed by atoms with E-state index < -0.39 is 74.4 Å². The molecule has 3 saturated carbocycles. The molecule has 6 atom stereocenters. The van der Waals surface area contributed by atoms with E-state index in [9.17, 15) is 27.6 Å². The van der Waals surface area contributed by atoms with Gasteiger partial charge in [0, 0.05) is 17.0 Å². The lowest BCUT2D eigenvalue weighted by Crippen LogP contribution is -2.54.